The average molecular weight is 240 g/mol. The molecule has 96 valence electrons. The molecule has 1 aromatic rings. The normalized spacial score (nSPS) is 12.5. The second-order valence-electron chi connectivity index (χ2n) is 4.26. The van der Waals surface area contributed by atoms with Crippen LogP contribution in [0.3, 0.4) is 0 Å². The summed E-state index contributed by atoms with van der Waals surface area (Å²) in [5, 5.41) is 0. The number of hydrogen-bond donors (Lipinski definition) is 1. The van der Waals surface area contributed by atoms with Gasteiger partial charge in [0.05, 0.1) is 0 Å². The monoisotopic (exact) mass is 240 g/mol. The maximum Gasteiger partial charge on any atom is 0.123 e. The third kappa shape index (κ3) is 3.98. The number of ether oxygens (including phenoxy) is 1. The Bertz CT molecular complexity index is 355. The summed E-state index contributed by atoms with van der Waals surface area (Å²) in [6.07, 6.45) is 0.933. The lowest BCUT2D eigenvalue weighted by Crippen LogP contribution is -2.22. The molecule has 17 heavy (non-hydrogen) atoms. The van der Waals surface area contributed by atoms with Crippen molar-refractivity contribution in [2.75, 3.05) is 32.2 Å². The zero-order valence-electron chi connectivity index (χ0n) is 10.7. The molecule has 0 aliphatic rings. The number of benzene rings is 1. The van der Waals surface area contributed by atoms with Gasteiger partial charge in [-0.2, -0.15) is 0 Å². The van der Waals surface area contributed by atoms with Crippen molar-refractivity contribution in [1.82, 2.24) is 0 Å². The van der Waals surface area contributed by atoms with Gasteiger partial charge in [0.2, 0.25) is 0 Å². The number of hydrogen-bond acceptors (Lipinski definition) is 3. The van der Waals surface area contributed by atoms with Crippen molar-refractivity contribution in [1.29, 1.82) is 0 Å². The number of anilines is 1. The van der Waals surface area contributed by atoms with E-state index in [1.165, 1.54) is 12.1 Å². The highest BCUT2D eigenvalue weighted by molar-refractivity contribution is 5.54. The first-order valence-electron chi connectivity index (χ1n) is 5.81. The molecule has 1 atom stereocenters. The van der Waals surface area contributed by atoms with Crippen molar-refractivity contribution in [3.63, 3.8) is 0 Å². The molecular formula is C13H21FN2O. The minimum absolute atomic E-state index is 0.175. The second kappa shape index (κ2) is 6.57. The van der Waals surface area contributed by atoms with E-state index in [9.17, 15) is 4.39 Å². The van der Waals surface area contributed by atoms with Crippen LogP contribution in [0.1, 0.15) is 24.9 Å². The Hall–Kier alpha value is -1.13. The first-order valence-corrected chi connectivity index (χ1v) is 5.81. The Balaban J connectivity index is 2.81. The third-order valence-corrected chi connectivity index (χ3v) is 2.73. The summed E-state index contributed by atoms with van der Waals surface area (Å²) in [5.74, 6) is -0.244. The summed E-state index contributed by atoms with van der Waals surface area (Å²) in [6, 6.07) is 4.58. The lowest BCUT2D eigenvalue weighted by molar-refractivity contribution is 0.196. The molecule has 0 aliphatic heterocycles. The summed E-state index contributed by atoms with van der Waals surface area (Å²) in [7, 11) is 3.67. The Morgan fingerprint density at radius 1 is 1.47 bits per heavy atom. The maximum atomic E-state index is 13.2. The van der Waals surface area contributed by atoms with Crippen LogP contribution in [-0.4, -0.2) is 27.3 Å². The largest absolute Gasteiger partial charge is 0.385 e. The van der Waals surface area contributed by atoms with E-state index < -0.39 is 0 Å². The molecule has 0 bridgehead atoms. The van der Waals surface area contributed by atoms with E-state index in [4.69, 9.17) is 10.5 Å². The topological polar surface area (TPSA) is 38.5 Å². The van der Waals surface area contributed by atoms with Crippen LogP contribution in [-0.2, 0) is 4.74 Å². The van der Waals surface area contributed by atoms with Gasteiger partial charge in [-0.15, -0.1) is 0 Å². The highest BCUT2D eigenvalue weighted by Gasteiger charge is 2.11. The molecule has 0 saturated heterocycles. The van der Waals surface area contributed by atoms with Crippen LogP contribution in [0.2, 0.25) is 0 Å². The van der Waals surface area contributed by atoms with E-state index in [-0.39, 0.29) is 11.9 Å². The molecule has 0 saturated carbocycles. The van der Waals surface area contributed by atoms with Crippen LogP contribution in [0.15, 0.2) is 18.2 Å². The molecule has 1 aromatic carbocycles. The van der Waals surface area contributed by atoms with Crippen LogP contribution in [0.5, 0.6) is 0 Å². The van der Waals surface area contributed by atoms with Crippen LogP contribution in [0, 0.1) is 5.82 Å². The van der Waals surface area contributed by atoms with Crippen molar-refractivity contribution < 1.29 is 9.13 Å². The van der Waals surface area contributed by atoms with Crippen molar-refractivity contribution in [3.8, 4) is 0 Å². The quantitative estimate of drug-likeness (QED) is 0.775. The number of nitrogens with zero attached hydrogens (tertiary/aromatic N) is 1. The van der Waals surface area contributed by atoms with Gasteiger partial charge >= 0.3 is 0 Å². The van der Waals surface area contributed by atoms with Gasteiger partial charge in [0, 0.05) is 39.0 Å². The molecule has 0 amide bonds. The highest BCUT2D eigenvalue weighted by Crippen LogP contribution is 2.25. The molecule has 0 spiro atoms. The summed E-state index contributed by atoms with van der Waals surface area (Å²) >= 11 is 0. The summed E-state index contributed by atoms with van der Waals surface area (Å²) < 4.78 is 18.2. The van der Waals surface area contributed by atoms with Crippen molar-refractivity contribution in [2.45, 2.75) is 19.4 Å². The molecule has 0 heterocycles. The summed E-state index contributed by atoms with van der Waals surface area (Å²) in [5.41, 5.74) is 7.68. The average Bonchev–Trinajstić information content (AvgIpc) is 2.29. The first kappa shape index (κ1) is 13.9. The number of halogens is 1. The van der Waals surface area contributed by atoms with Gasteiger partial charge < -0.3 is 15.4 Å². The minimum atomic E-state index is -0.244. The zero-order valence-corrected chi connectivity index (χ0v) is 10.7. The molecule has 2 N–H and O–H groups in total. The molecule has 0 aromatic heterocycles. The molecule has 0 fully saturated rings. The molecule has 0 aliphatic carbocycles. The van der Waals surface area contributed by atoms with Gasteiger partial charge in [0.15, 0.2) is 0 Å². The van der Waals surface area contributed by atoms with E-state index >= 15 is 0 Å². The fourth-order valence-electron chi connectivity index (χ4n) is 1.80. The molecular weight excluding hydrogens is 219 g/mol. The molecule has 4 heteroatoms. The predicted molar refractivity (Wildman–Crippen MR) is 68.8 cm³/mol. The fraction of sp³-hybridized carbons (Fsp3) is 0.538. The zero-order chi connectivity index (χ0) is 12.8. The van der Waals surface area contributed by atoms with Crippen molar-refractivity contribution in [3.05, 3.63) is 29.6 Å². The Morgan fingerprint density at radius 3 is 2.76 bits per heavy atom. The SMILES string of the molecule is COCCCN(C)c1ccc(F)cc1[C@@H](C)N. The number of methoxy groups -OCH3 is 1. The summed E-state index contributed by atoms with van der Waals surface area (Å²) in [4.78, 5) is 2.08. The van der Waals surface area contributed by atoms with Gasteiger partial charge in [-0.3, -0.25) is 0 Å². The maximum absolute atomic E-state index is 13.2. The van der Waals surface area contributed by atoms with Crippen LogP contribution in [0.4, 0.5) is 10.1 Å². The molecule has 0 radical (unpaired) electrons. The number of nitrogens with two attached hydrogens (primary N) is 1. The molecule has 0 unspecified atom stereocenters. The first-order chi connectivity index (χ1) is 8.06. The van der Waals surface area contributed by atoms with Gasteiger partial charge in [0.25, 0.3) is 0 Å². The predicted octanol–water partition coefficient (Wildman–Crippen LogP) is 2.32. The van der Waals surface area contributed by atoms with Crippen molar-refractivity contribution >= 4 is 5.69 Å². The Morgan fingerprint density at radius 2 is 2.18 bits per heavy atom. The second-order valence-corrected chi connectivity index (χ2v) is 4.26. The van der Waals surface area contributed by atoms with Gasteiger partial charge in [-0.25, -0.2) is 4.39 Å². The van der Waals surface area contributed by atoms with Crippen LogP contribution >= 0.6 is 0 Å². The van der Waals surface area contributed by atoms with E-state index in [2.05, 4.69) is 4.90 Å². The minimum Gasteiger partial charge on any atom is -0.385 e. The number of rotatable bonds is 6. The molecule has 1 rings (SSSR count). The van der Waals surface area contributed by atoms with E-state index in [0.29, 0.717) is 0 Å². The standard InChI is InChI=1S/C13H21FN2O/c1-10(15)12-9-11(14)5-6-13(12)16(2)7-4-8-17-3/h5-6,9-10H,4,7-8,15H2,1-3H3/t10-/m1/s1. The van der Waals surface area contributed by atoms with Crippen LogP contribution in [0.25, 0.3) is 0 Å². The van der Waals surface area contributed by atoms with E-state index in [0.717, 1.165) is 30.8 Å². The van der Waals surface area contributed by atoms with Crippen LogP contribution < -0.4 is 10.6 Å². The lowest BCUT2D eigenvalue weighted by Gasteiger charge is -2.24. The third-order valence-electron chi connectivity index (χ3n) is 2.73. The van der Waals surface area contributed by atoms with E-state index in [1.54, 1.807) is 13.2 Å². The summed E-state index contributed by atoms with van der Waals surface area (Å²) in [6.45, 7) is 3.44. The van der Waals surface area contributed by atoms with Gasteiger partial charge in [-0.1, -0.05) is 0 Å². The highest BCUT2D eigenvalue weighted by atomic mass is 19.1. The fourth-order valence-corrected chi connectivity index (χ4v) is 1.80. The Kier molecular flexibility index (Phi) is 5.38. The Labute approximate surface area is 102 Å². The van der Waals surface area contributed by atoms with E-state index in [1.807, 2.05) is 14.0 Å². The van der Waals surface area contributed by atoms with Gasteiger partial charge in [0.1, 0.15) is 5.82 Å². The molecule has 3 nitrogen and oxygen atoms in total. The van der Waals surface area contributed by atoms with Gasteiger partial charge in [-0.05, 0) is 37.1 Å². The smallest absolute Gasteiger partial charge is 0.123 e. The van der Waals surface area contributed by atoms with Crippen molar-refractivity contribution in [2.24, 2.45) is 5.73 Å². The lowest BCUT2D eigenvalue weighted by atomic mass is 10.1.